The van der Waals surface area contributed by atoms with E-state index in [0.29, 0.717) is 23.3 Å². The molecule has 2 aromatic rings. The van der Waals surface area contributed by atoms with Crippen molar-refractivity contribution in [2.24, 2.45) is 11.8 Å². The number of fused-ring (bicyclic) bond motifs is 1. The van der Waals surface area contributed by atoms with Crippen LogP contribution in [0.1, 0.15) is 22.3 Å². The van der Waals surface area contributed by atoms with Gasteiger partial charge in [-0.05, 0) is 47.9 Å². The topological polar surface area (TPSA) is 52.7 Å². The summed E-state index contributed by atoms with van der Waals surface area (Å²) in [5, 5.41) is 7.44. The van der Waals surface area contributed by atoms with Gasteiger partial charge < -0.3 is 15.1 Å². The minimum absolute atomic E-state index is 0.00578. The number of rotatable bonds is 5. The Bertz CT molecular complexity index is 857. The number of nitrogens with zero attached hydrogens (tertiary/aromatic N) is 2. The first-order valence-corrected chi connectivity index (χ1v) is 10.9. The number of benzene rings is 1. The van der Waals surface area contributed by atoms with Gasteiger partial charge in [-0.15, -0.1) is 0 Å². The summed E-state index contributed by atoms with van der Waals surface area (Å²) < 4.78 is 0. The maximum atomic E-state index is 12.5. The quantitative estimate of drug-likeness (QED) is 0.806. The maximum Gasteiger partial charge on any atom is 0.254 e. The number of halogens is 1. The Kier molecular flexibility index (Phi) is 5.71. The molecule has 7 heteroatoms. The average Bonchev–Trinajstić information content (AvgIpc) is 3.38. The van der Waals surface area contributed by atoms with Crippen molar-refractivity contribution in [3.05, 3.63) is 51.2 Å². The third kappa shape index (κ3) is 4.24. The zero-order chi connectivity index (χ0) is 19.7. The van der Waals surface area contributed by atoms with Crippen molar-refractivity contribution >= 4 is 40.4 Å². The van der Waals surface area contributed by atoms with E-state index in [2.05, 4.69) is 10.2 Å². The second kappa shape index (κ2) is 8.23. The van der Waals surface area contributed by atoms with Gasteiger partial charge in [0.15, 0.2) is 0 Å². The van der Waals surface area contributed by atoms with E-state index in [1.807, 2.05) is 40.8 Å². The van der Waals surface area contributed by atoms with Crippen LogP contribution in [0.4, 0.5) is 5.69 Å². The molecule has 28 heavy (non-hydrogen) atoms. The fourth-order valence-corrected chi connectivity index (χ4v) is 4.97. The highest BCUT2D eigenvalue weighted by atomic mass is 35.5. The van der Waals surface area contributed by atoms with Crippen LogP contribution in [0.5, 0.6) is 0 Å². The summed E-state index contributed by atoms with van der Waals surface area (Å²) in [6, 6.07) is 7.46. The van der Waals surface area contributed by atoms with Gasteiger partial charge in [-0.1, -0.05) is 17.7 Å². The van der Waals surface area contributed by atoms with Crippen LogP contribution in [0, 0.1) is 18.8 Å². The Hall–Kier alpha value is -1.89. The molecule has 2 aliphatic rings. The lowest BCUT2D eigenvalue weighted by molar-refractivity contribution is -0.116. The Morgan fingerprint density at radius 1 is 1.18 bits per heavy atom. The number of carbonyl (C=O) groups is 2. The summed E-state index contributed by atoms with van der Waals surface area (Å²) in [4.78, 5) is 29.1. The van der Waals surface area contributed by atoms with E-state index in [9.17, 15) is 9.59 Å². The zero-order valence-electron chi connectivity index (χ0n) is 15.9. The predicted octanol–water partition coefficient (Wildman–Crippen LogP) is 3.74. The molecule has 0 aliphatic carbocycles. The number of aryl methyl sites for hydroxylation is 1. The normalized spacial score (nSPS) is 21.7. The van der Waals surface area contributed by atoms with Gasteiger partial charge in [0.05, 0.1) is 5.56 Å². The molecule has 2 amide bonds. The fraction of sp³-hybridized carbons (Fsp3) is 0.429. The summed E-state index contributed by atoms with van der Waals surface area (Å²) >= 11 is 7.67. The number of carbonyl (C=O) groups excluding carboxylic acids is 2. The van der Waals surface area contributed by atoms with Crippen LogP contribution in [-0.4, -0.2) is 54.3 Å². The maximum absolute atomic E-state index is 12.5. The summed E-state index contributed by atoms with van der Waals surface area (Å²) in [5.41, 5.74) is 2.53. The first kappa shape index (κ1) is 19.4. The molecule has 148 valence electrons. The Labute approximate surface area is 174 Å². The van der Waals surface area contributed by atoms with Crippen molar-refractivity contribution in [1.82, 2.24) is 9.80 Å². The van der Waals surface area contributed by atoms with Gasteiger partial charge in [0.2, 0.25) is 5.91 Å². The Morgan fingerprint density at radius 2 is 1.93 bits per heavy atom. The highest BCUT2D eigenvalue weighted by molar-refractivity contribution is 7.08. The molecule has 2 unspecified atom stereocenters. The molecular formula is C21H24ClN3O2S. The molecule has 5 nitrogen and oxygen atoms in total. The summed E-state index contributed by atoms with van der Waals surface area (Å²) in [5.74, 6) is 1.19. The summed E-state index contributed by atoms with van der Waals surface area (Å²) in [6.45, 7) is 6.25. The second-order valence-corrected chi connectivity index (χ2v) is 8.95. The van der Waals surface area contributed by atoms with Crippen LogP contribution >= 0.6 is 22.9 Å². The highest BCUT2D eigenvalue weighted by Crippen LogP contribution is 2.32. The zero-order valence-corrected chi connectivity index (χ0v) is 17.4. The molecule has 0 radical (unpaired) electrons. The van der Waals surface area contributed by atoms with Gasteiger partial charge in [0.25, 0.3) is 5.91 Å². The predicted molar refractivity (Wildman–Crippen MR) is 113 cm³/mol. The van der Waals surface area contributed by atoms with E-state index >= 15 is 0 Å². The Balaban J connectivity index is 1.22. The first-order valence-electron chi connectivity index (χ1n) is 9.59. The summed E-state index contributed by atoms with van der Waals surface area (Å²) in [6.07, 6.45) is 0.461. The molecule has 0 bridgehead atoms. The fourth-order valence-electron chi connectivity index (χ4n) is 4.16. The molecule has 2 atom stereocenters. The Morgan fingerprint density at radius 3 is 2.57 bits per heavy atom. The molecule has 4 rings (SSSR count). The van der Waals surface area contributed by atoms with E-state index in [0.717, 1.165) is 49.5 Å². The largest absolute Gasteiger partial charge is 0.338 e. The minimum Gasteiger partial charge on any atom is -0.338 e. The summed E-state index contributed by atoms with van der Waals surface area (Å²) in [7, 11) is 0. The second-order valence-electron chi connectivity index (χ2n) is 7.76. The third-order valence-corrected chi connectivity index (χ3v) is 6.82. The number of hydrogen-bond donors (Lipinski definition) is 1. The molecule has 2 aliphatic heterocycles. The smallest absolute Gasteiger partial charge is 0.254 e. The number of amides is 2. The van der Waals surface area contributed by atoms with E-state index in [4.69, 9.17) is 11.6 Å². The van der Waals surface area contributed by atoms with Crippen molar-refractivity contribution in [2.45, 2.75) is 13.3 Å². The minimum atomic E-state index is 0.00578. The van der Waals surface area contributed by atoms with E-state index < -0.39 is 0 Å². The monoisotopic (exact) mass is 417 g/mol. The lowest BCUT2D eigenvalue weighted by atomic mass is 10.0. The van der Waals surface area contributed by atoms with Crippen molar-refractivity contribution in [3.63, 3.8) is 0 Å². The van der Waals surface area contributed by atoms with Gasteiger partial charge in [-0.2, -0.15) is 11.3 Å². The van der Waals surface area contributed by atoms with Crippen LogP contribution < -0.4 is 5.32 Å². The number of nitrogens with one attached hydrogen (secondary N) is 1. The van der Waals surface area contributed by atoms with Gasteiger partial charge in [0.1, 0.15) is 0 Å². The lowest BCUT2D eigenvalue weighted by Crippen LogP contribution is -2.34. The third-order valence-electron chi connectivity index (χ3n) is 5.73. The highest BCUT2D eigenvalue weighted by Gasteiger charge is 2.41. The van der Waals surface area contributed by atoms with Crippen LogP contribution in [0.3, 0.4) is 0 Å². The lowest BCUT2D eigenvalue weighted by Gasteiger charge is -2.21. The van der Waals surface area contributed by atoms with Crippen molar-refractivity contribution in [1.29, 1.82) is 0 Å². The SMILES string of the molecule is Cc1ccc(NC(=O)CCN2CC3CN(C(=O)c4ccsc4)CC3C2)cc1Cl. The average molecular weight is 418 g/mol. The molecule has 3 heterocycles. The van der Waals surface area contributed by atoms with Crippen LogP contribution in [-0.2, 0) is 4.79 Å². The molecule has 1 aromatic heterocycles. The molecule has 2 fully saturated rings. The molecule has 0 saturated carbocycles. The molecular weight excluding hydrogens is 394 g/mol. The van der Waals surface area contributed by atoms with E-state index in [-0.39, 0.29) is 11.8 Å². The molecule has 1 aromatic carbocycles. The number of thiophene rings is 1. The van der Waals surface area contributed by atoms with Gasteiger partial charge in [-0.25, -0.2) is 0 Å². The standard InChI is InChI=1S/C21H24ClN3O2S/c1-14-2-3-18(8-19(14)22)23-20(26)4-6-24-9-16-11-25(12-17(16)10-24)21(27)15-5-7-28-13-15/h2-3,5,7-8,13,16-17H,4,6,9-12H2,1H3,(H,23,26). The van der Waals surface area contributed by atoms with Crippen molar-refractivity contribution in [2.75, 3.05) is 38.0 Å². The van der Waals surface area contributed by atoms with Crippen LogP contribution in [0.25, 0.3) is 0 Å². The van der Waals surface area contributed by atoms with E-state index in [1.54, 1.807) is 17.4 Å². The van der Waals surface area contributed by atoms with Crippen LogP contribution in [0.2, 0.25) is 5.02 Å². The van der Waals surface area contributed by atoms with Crippen molar-refractivity contribution in [3.8, 4) is 0 Å². The van der Waals surface area contributed by atoms with Gasteiger partial charge in [-0.3, -0.25) is 9.59 Å². The number of hydrogen-bond acceptors (Lipinski definition) is 4. The molecule has 1 N–H and O–H groups in total. The number of likely N-dealkylation sites (tertiary alicyclic amines) is 2. The first-order chi connectivity index (χ1) is 13.5. The van der Waals surface area contributed by atoms with Gasteiger partial charge >= 0.3 is 0 Å². The van der Waals surface area contributed by atoms with Gasteiger partial charge in [0, 0.05) is 55.2 Å². The molecule has 2 saturated heterocycles. The van der Waals surface area contributed by atoms with Crippen LogP contribution in [0.15, 0.2) is 35.0 Å². The van der Waals surface area contributed by atoms with Crippen molar-refractivity contribution < 1.29 is 9.59 Å². The number of anilines is 1. The van der Waals surface area contributed by atoms with E-state index in [1.165, 1.54) is 0 Å². The molecule has 0 spiro atoms.